The SMILES string of the molecule is CO[C@H](CNS(=O)(=O)c1ccc(Br)s1)c1ccc(Cl)s1. The average Bonchev–Trinajstić information content (AvgIpc) is 2.99. The fraction of sp³-hybridized carbons (Fsp3) is 0.273. The summed E-state index contributed by atoms with van der Waals surface area (Å²) >= 11 is 11.6. The Kier molecular flexibility index (Phi) is 5.63. The Morgan fingerprint density at radius 3 is 2.60 bits per heavy atom. The first-order chi connectivity index (χ1) is 9.42. The van der Waals surface area contributed by atoms with Crippen LogP contribution in [0.4, 0.5) is 0 Å². The van der Waals surface area contributed by atoms with Gasteiger partial charge in [0.25, 0.3) is 0 Å². The van der Waals surface area contributed by atoms with E-state index in [0.29, 0.717) is 4.34 Å². The fourth-order valence-corrected chi connectivity index (χ4v) is 5.72. The minimum atomic E-state index is -3.52. The van der Waals surface area contributed by atoms with Gasteiger partial charge in [-0.05, 0) is 40.2 Å². The summed E-state index contributed by atoms with van der Waals surface area (Å²) in [4.78, 5) is 0.882. The molecular formula is C11H11BrClNO3S3. The predicted molar refractivity (Wildman–Crippen MR) is 86.3 cm³/mol. The van der Waals surface area contributed by atoms with Crippen LogP contribution in [0.25, 0.3) is 0 Å². The van der Waals surface area contributed by atoms with Gasteiger partial charge in [0.15, 0.2) is 0 Å². The van der Waals surface area contributed by atoms with Crippen molar-refractivity contribution < 1.29 is 13.2 Å². The summed E-state index contributed by atoms with van der Waals surface area (Å²) in [7, 11) is -1.98. The molecule has 0 aliphatic heterocycles. The molecule has 0 spiro atoms. The number of ether oxygens (including phenoxy) is 1. The first-order valence-corrected chi connectivity index (χ1v) is 9.74. The van der Waals surface area contributed by atoms with E-state index < -0.39 is 10.0 Å². The van der Waals surface area contributed by atoms with Crippen LogP contribution in [0.15, 0.2) is 32.3 Å². The molecule has 0 aliphatic rings. The Balaban J connectivity index is 2.06. The van der Waals surface area contributed by atoms with Crippen molar-refractivity contribution in [2.45, 2.75) is 10.3 Å². The third-order valence-corrected chi connectivity index (χ3v) is 7.33. The number of hydrogen-bond donors (Lipinski definition) is 1. The first-order valence-electron chi connectivity index (χ1n) is 5.45. The minimum absolute atomic E-state index is 0.158. The molecule has 0 saturated carbocycles. The van der Waals surface area contributed by atoms with Gasteiger partial charge in [-0.1, -0.05) is 11.6 Å². The molecule has 0 unspecified atom stereocenters. The molecule has 2 aromatic rings. The maximum absolute atomic E-state index is 12.1. The number of methoxy groups -OCH3 is 1. The summed E-state index contributed by atoms with van der Waals surface area (Å²) in [6.07, 6.45) is -0.356. The minimum Gasteiger partial charge on any atom is -0.375 e. The van der Waals surface area contributed by atoms with E-state index in [0.717, 1.165) is 20.0 Å². The highest BCUT2D eigenvalue weighted by Crippen LogP contribution is 2.29. The molecular weight excluding hydrogens is 406 g/mol. The molecule has 1 atom stereocenters. The maximum Gasteiger partial charge on any atom is 0.250 e. The highest BCUT2D eigenvalue weighted by atomic mass is 79.9. The van der Waals surface area contributed by atoms with Gasteiger partial charge >= 0.3 is 0 Å². The van der Waals surface area contributed by atoms with Crippen LogP contribution in [0, 0.1) is 0 Å². The number of halogens is 2. The molecule has 0 amide bonds. The number of rotatable bonds is 6. The summed E-state index contributed by atoms with van der Waals surface area (Å²) in [5.41, 5.74) is 0. The lowest BCUT2D eigenvalue weighted by Crippen LogP contribution is -2.28. The Morgan fingerprint density at radius 1 is 1.35 bits per heavy atom. The van der Waals surface area contributed by atoms with Crippen LogP contribution in [0.2, 0.25) is 4.34 Å². The fourth-order valence-electron chi connectivity index (χ4n) is 1.50. The van der Waals surface area contributed by atoms with Gasteiger partial charge in [-0.3, -0.25) is 0 Å². The zero-order valence-electron chi connectivity index (χ0n) is 10.3. The summed E-state index contributed by atoms with van der Waals surface area (Å²) in [5, 5.41) is 0. The maximum atomic E-state index is 12.1. The van der Waals surface area contributed by atoms with E-state index in [1.165, 1.54) is 18.4 Å². The van der Waals surface area contributed by atoms with Crippen LogP contribution in [0.5, 0.6) is 0 Å². The van der Waals surface area contributed by atoms with Gasteiger partial charge in [0.2, 0.25) is 10.0 Å². The lowest BCUT2D eigenvalue weighted by Gasteiger charge is -2.14. The van der Waals surface area contributed by atoms with Crippen molar-refractivity contribution in [2.24, 2.45) is 0 Å². The molecule has 2 rings (SSSR count). The molecule has 0 saturated heterocycles. The first kappa shape index (κ1) is 16.4. The van der Waals surface area contributed by atoms with Crippen LogP contribution in [0.1, 0.15) is 11.0 Å². The second kappa shape index (κ2) is 6.87. The van der Waals surface area contributed by atoms with Gasteiger partial charge in [-0.25, -0.2) is 13.1 Å². The molecule has 2 aromatic heterocycles. The van der Waals surface area contributed by atoms with Crippen LogP contribution >= 0.6 is 50.2 Å². The second-order valence-corrected chi connectivity index (χ2v) is 9.98. The largest absolute Gasteiger partial charge is 0.375 e. The standard InChI is InChI=1S/C11H11BrClNO3S3/c1-17-7(8-2-4-10(13)18-8)6-14-20(15,16)11-5-3-9(12)19-11/h2-5,7,14H,6H2,1H3/t7-/m1/s1. The van der Waals surface area contributed by atoms with E-state index in [2.05, 4.69) is 20.7 Å². The Morgan fingerprint density at radius 2 is 2.10 bits per heavy atom. The zero-order chi connectivity index (χ0) is 14.8. The van der Waals surface area contributed by atoms with Gasteiger partial charge in [0.1, 0.15) is 10.3 Å². The predicted octanol–water partition coefficient (Wildman–Crippen LogP) is 3.89. The zero-order valence-corrected chi connectivity index (χ0v) is 15.1. The van der Waals surface area contributed by atoms with Crippen LogP contribution in [0.3, 0.4) is 0 Å². The number of nitrogens with one attached hydrogen (secondary N) is 1. The molecule has 0 aliphatic carbocycles. The molecule has 110 valence electrons. The van der Waals surface area contributed by atoms with Crippen molar-refractivity contribution >= 4 is 60.2 Å². The van der Waals surface area contributed by atoms with Crippen molar-refractivity contribution in [3.8, 4) is 0 Å². The van der Waals surface area contributed by atoms with Gasteiger partial charge in [0.05, 0.1) is 8.12 Å². The Hall–Kier alpha value is 0.0400. The third kappa shape index (κ3) is 4.03. The molecule has 0 aromatic carbocycles. The van der Waals surface area contributed by atoms with Gasteiger partial charge < -0.3 is 4.74 Å². The smallest absolute Gasteiger partial charge is 0.250 e. The van der Waals surface area contributed by atoms with Crippen molar-refractivity contribution in [3.63, 3.8) is 0 Å². The van der Waals surface area contributed by atoms with Gasteiger partial charge in [0, 0.05) is 18.5 Å². The van der Waals surface area contributed by atoms with Crippen molar-refractivity contribution in [1.82, 2.24) is 4.72 Å². The summed E-state index contributed by atoms with van der Waals surface area (Å²) in [5.74, 6) is 0. The van der Waals surface area contributed by atoms with Gasteiger partial charge in [-0.15, -0.1) is 22.7 Å². The Labute approximate surface area is 138 Å². The molecule has 0 bridgehead atoms. The third-order valence-electron chi connectivity index (χ3n) is 2.47. The highest BCUT2D eigenvalue weighted by molar-refractivity contribution is 9.11. The van der Waals surface area contributed by atoms with E-state index in [4.69, 9.17) is 16.3 Å². The Bertz CT molecular complexity index is 683. The summed E-state index contributed by atoms with van der Waals surface area (Å²) in [6.45, 7) is 0.158. The second-order valence-electron chi connectivity index (χ2n) is 3.78. The monoisotopic (exact) mass is 415 g/mol. The van der Waals surface area contributed by atoms with Crippen LogP contribution < -0.4 is 4.72 Å². The van der Waals surface area contributed by atoms with E-state index in [1.54, 1.807) is 18.2 Å². The number of hydrogen-bond acceptors (Lipinski definition) is 5. The van der Waals surface area contributed by atoms with Crippen LogP contribution in [-0.4, -0.2) is 22.1 Å². The molecule has 0 fully saturated rings. The topological polar surface area (TPSA) is 55.4 Å². The summed E-state index contributed by atoms with van der Waals surface area (Å²) < 4.78 is 33.7. The number of sulfonamides is 1. The van der Waals surface area contributed by atoms with Gasteiger partial charge in [-0.2, -0.15) is 0 Å². The van der Waals surface area contributed by atoms with Crippen molar-refractivity contribution in [2.75, 3.05) is 13.7 Å². The highest BCUT2D eigenvalue weighted by Gasteiger charge is 2.20. The average molecular weight is 417 g/mol. The molecule has 1 N–H and O–H groups in total. The van der Waals surface area contributed by atoms with Crippen molar-refractivity contribution in [3.05, 3.63) is 37.3 Å². The molecule has 0 radical (unpaired) electrons. The normalized spacial score (nSPS) is 13.6. The summed E-state index contributed by atoms with van der Waals surface area (Å²) in [6, 6.07) is 6.85. The lowest BCUT2D eigenvalue weighted by molar-refractivity contribution is 0.110. The van der Waals surface area contributed by atoms with E-state index in [9.17, 15) is 8.42 Å². The number of thiophene rings is 2. The molecule has 20 heavy (non-hydrogen) atoms. The van der Waals surface area contributed by atoms with E-state index in [1.807, 2.05) is 6.07 Å². The molecule has 9 heteroatoms. The lowest BCUT2D eigenvalue weighted by atomic mass is 10.3. The quantitative estimate of drug-likeness (QED) is 0.777. The van der Waals surface area contributed by atoms with Crippen LogP contribution in [-0.2, 0) is 14.8 Å². The van der Waals surface area contributed by atoms with E-state index >= 15 is 0 Å². The molecule has 4 nitrogen and oxygen atoms in total. The van der Waals surface area contributed by atoms with Crippen molar-refractivity contribution in [1.29, 1.82) is 0 Å². The van der Waals surface area contributed by atoms with E-state index in [-0.39, 0.29) is 16.9 Å². The molecule has 2 heterocycles.